The van der Waals surface area contributed by atoms with Crippen molar-refractivity contribution in [2.24, 2.45) is 0 Å². The standard InChI is InChI=1S/C21H20N2O2S/c1-25-17-10-12-18(13-11-17)26-14-15-6-8-16(9-7-15)21(24)23-20-5-3-2-4-19(20)22/h2-13H,14,22H2,1H3,(H,23,24). The fourth-order valence-corrected chi connectivity index (χ4v) is 3.25. The van der Waals surface area contributed by atoms with Gasteiger partial charge in [0.25, 0.3) is 5.91 Å². The molecule has 0 aliphatic carbocycles. The maximum Gasteiger partial charge on any atom is 0.255 e. The second-order valence-corrected chi connectivity index (χ2v) is 6.75. The lowest BCUT2D eigenvalue weighted by molar-refractivity contribution is 0.102. The third-order valence-electron chi connectivity index (χ3n) is 3.89. The number of anilines is 2. The Labute approximate surface area is 157 Å². The van der Waals surface area contributed by atoms with E-state index in [1.54, 1.807) is 31.0 Å². The first kappa shape index (κ1) is 17.9. The lowest BCUT2D eigenvalue weighted by atomic mass is 10.1. The van der Waals surface area contributed by atoms with E-state index < -0.39 is 0 Å². The van der Waals surface area contributed by atoms with Crippen molar-refractivity contribution in [2.75, 3.05) is 18.2 Å². The summed E-state index contributed by atoms with van der Waals surface area (Å²) < 4.78 is 5.16. The Morgan fingerprint density at radius 3 is 2.35 bits per heavy atom. The number of hydrogen-bond acceptors (Lipinski definition) is 4. The molecule has 3 aromatic carbocycles. The second-order valence-electron chi connectivity index (χ2n) is 5.70. The highest BCUT2D eigenvalue weighted by molar-refractivity contribution is 7.98. The molecule has 0 aliphatic rings. The summed E-state index contributed by atoms with van der Waals surface area (Å²) in [6.07, 6.45) is 0. The largest absolute Gasteiger partial charge is 0.497 e. The van der Waals surface area contributed by atoms with E-state index >= 15 is 0 Å². The molecule has 132 valence electrons. The number of ether oxygens (including phenoxy) is 1. The van der Waals surface area contributed by atoms with E-state index in [9.17, 15) is 4.79 Å². The minimum Gasteiger partial charge on any atom is -0.497 e. The van der Waals surface area contributed by atoms with Crippen molar-refractivity contribution in [1.82, 2.24) is 0 Å². The van der Waals surface area contributed by atoms with Gasteiger partial charge in [-0.15, -0.1) is 11.8 Å². The first-order valence-corrected chi connectivity index (χ1v) is 9.16. The molecule has 3 N–H and O–H groups in total. The normalized spacial score (nSPS) is 10.3. The minimum absolute atomic E-state index is 0.169. The van der Waals surface area contributed by atoms with Crippen LogP contribution in [-0.2, 0) is 5.75 Å². The SMILES string of the molecule is COc1ccc(SCc2ccc(C(=O)Nc3ccccc3N)cc2)cc1. The van der Waals surface area contributed by atoms with Crippen molar-refractivity contribution in [1.29, 1.82) is 0 Å². The van der Waals surface area contributed by atoms with Gasteiger partial charge in [0.1, 0.15) is 5.75 Å². The number of methoxy groups -OCH3 is 1. The molecule has 3 aromatic rings. The van der Waals surface area contributed by atoms with Gasteiger partial charge in [0.2, 0.25) is 0 Å². The first-order valence-electron chi connectivity index (χ1n) is 8.17. The van der Waals surface area contributed by atoms with Crippen molar-refractivity contribution >= 4 is 29.0 Å². The lowest BCUT2D eigenvalue weighted by Crippen LogP contribution is -2.13. The van der Waals surface area contributed by atoms with E-state index in [4.69, 9.17) is 10.5 Å². The average Bonchev–Trinajstić information content (AvgIpc) is 2.69. The van der Waals surface area contributed by atoms with Crippen LogP contribution in [-0.4, -0.2) is 13.0 Å². The number of carbonyl (C=O) groups is 1. The third kappa shape index (κ3) is 4.58. The summed E-state index contributed by atoms with van der Waals surface area (Å²) in [5, 5.41) is 2.83. The fourth-order valence-electron chi connectivity index (χ4n) is 2.40. The molecule has 0 aliphatic heterocycles. The number of nitrogens with one attached hydrogen (secondary N) is 1. The van der Waals surface area contributed by atoms with E-state index in [1.165, 1.54) is 4.90 Å². The molecule has 0 radical (unpaired) electrons. The number of benzene rings is 3. The summed E-state index contributed by atoms with van der Waals surface area (Å²) in [7, 11) is 1.66. The highest BCUT2D eigenvalue weighted by atomic mass is 32.2. The number of thioether (sulfide) groups is 1. The predicted molar refractivity (Wildman–Crippen MR) is 108 cm³/mol. The molecule has 0 saturated heterocycles. The monoisotopic (exact) mass is 364 g/mol. The van der Waals surface area contributed by atoms with Crippen LogP contribution >= 0.6 is 11.8 Å². The first-order chi connectivity index (χ1) is 12.7. The zero-order valence-corrected chi connectivity index (χ0v) is 15.3. The number of nitrogen functional groups attached to an aromatic ring is 1. The van der Waals surface area contributed by atoms with Gasteiger partial charge in [0.15, 0.2) is 0 Å². The summed E-state index contributed by atoms with van der Waals surface area (Å²) in [4.78, 5) is 13.5. The van der Waals surface area contributed by atoms with Crippen LogP contribution < -0.4 is 15.8 Å². The van der Waals surface area contributed by atoms with Crippen LogP contribution in [0.5, 0.6) is 5.75 Å². The van der Waals surface area contributed by atoms with Gasteiger partial charge in [0.05, 0.1) is 18.5 Å². The molecule has 0 heterocycles. The quantitative estimate of drug-likeness (QED) is 0.486. The van der Waals surface area contributed by atoms with Crippen LogP contribution in [0.3, 0.4) is 0 Å². The van der Waals surface area contributed by atoms with E-state index in [0.29, 0.717) is 16.9 Å². The Hall–Kier alpha value is -2.92. The molecule has 0 atom stereocenters. The summed E-state index contributed by atoms with van der Waals surface area (Å²) in [6, 6.07) is 22.8. The van der Waals surface area contributed by atoms with Gasteiger partial charge in [-0.2, -0.15) is 0 Å². The third-order valence-corrected chi connectivity index (χ3v) is 4.97. The molecule has 0 fully saturated rings. The molecular weight excluding hydrogens is 344 g/mol. The van der Waals surface area contributed by atoms with Crippen LogP contribution in [0.25, 0.3) is 0 Å². The van der Waals surface area contributed by atoms with Gasteiger partial charge in [-0.1, -0.05) is 24.3 Å². The maximum absolute atomic E-state index is 12.3. The summed E-state index contributed by atoms with van der Waals surface area (Å²) >= 11 is 1.74. The molecule has 0 spiro atoms. The van der Waals surface area contributed by atoms with Crippen molar-refractivity contribution in [3.8, 4) is 5.75 Å². The Balaban J connectivity index is 1.59. The van der Waals surface area contributed by atoms with Gasteiger partial charge in [-0.3, -0.25) is 4.79 Å². The molecule has 26 heavy (non-hydrogen) atoms. The number of carbonyl (C=O) groups excluding carboxylic acids is 1. The fraction of sp³-hybridized carbons (Fsp3) is 0.0952. The van der Waals surface area contributed by atoms with Crippen molar-refractivity contribution < 1.29 is 9.53 Å². The van der Waals surface area contributed by atoms with Crippen LogP contribution in [0.4, 0.5) is 11.4 Å². The van der Waals surface area contributed by atoms with Crippen LogP contribution in [0.15, 0.2) is 77.7 Å². The number of para-hydroxylation sites is 2. The molecule has 0 unspecified atom stereocenters. The molecule has 4 nitrogen and oxygen atoms in total. The second kappa shape index (κ2) is 8.45. The number of amides is 1. The van der Waals surface area contributed by atoms with Crippen molar-refractivity contribution in [2.45, 2.75) is 10.6 Å². The van der Waals surface area contributed by atoms with E-state index in [0.717, 1.165) is 17.1 Å². The Bertz CT molecular complexity index is 877. The van der Waals surface area contributed by atoms with E-state index in [1.807, 2.05) is 60.7 Å². The predicted octanol–water partition coefficient (Wildman–Crippen LogP) is 4.82. The lowest BCUT2D eigenvalue weighted by Gasteiger charge is -2.08. The molecule has 3 rings (SSSR count). The van der Waals surface area contributed by atoms with Crippen LogP contribution in [0, 0.1) is 0 Å². The summed E-state index contributed by atoms with van der Waals surface area (Å²) in [5.41, 5.74) is 8.79. The summed E-state index contributed by atoms with van der Waals surface area (Å²) in [5.74, 6) is 1.51. The van der Waals surface area contributed by atoms with Gasteiger partial charge in [-0.05, 0) is 54.1 Å². The molecule has 0 aromatic heterocycles. The van der Waals surface area contributed by atoms with Gasteiger partial charge in [0, 0.05) is 16.2 Å². The molecule has 0 bridgehead atoms. The minimum atomic E-state index is -0.169. The summed E-state index contributed by atoms with van der Waals surface area (Å²) in [6.45, 7) is 0. The molecule has 1 amide bonds. The molecule has 5 heteroatoms. The molecule has 0 saturated carbocycles. The smallest absolute Gasteiger partial charge is 0.255 e. The Morgan fingerprint density at radius 2 is 1.69 bits per heavy atom. The maximum atomic E-state index is 12.3. The van der Waals surface area contributed by atoms with Crippen LogP contribution in [0.2, 0.25) is 0 Å². The van der Waals surface area contributed by atoms with Crippen molar-refractivity contribution in [3.05, 3.63) is 83.9 Å². The number of rotatable bonds is 6. The highest BCUT2D eigenvalue weighted by Crippen LogP contribution is 2.25. The average molecular weight is 364 g/mol. The highest BCUT2D eigenvalue weighted by Gasteiger charge is 2.08. The Kier molecular flexibility index (Phi) is 5.81. The topological polar surface area (TPSA) is 64.3 Å². The van der Waals surface area contributed by atoms with Gasteiger partial charge < -0.3 is 15.8 Å². The van der Waals surface area contributed by atoms with Crippen LogP contribution in [0.1, 0.15) is 15.9 Å². The molecular formula is C21H20N2O2S. The van der Waals surface area contributed by atoms with E-state index in [2.05, 4.69) is 5.32 Å². The van der Waals surface area contributed by atoms with Crippen molar-refractivity contribution in [3.63, 3.8) is 0 Å². The zero-order chi connectivity index (χ0) is 18.4. The number of nitrogens with two attached hydrogens (primary N) is 1. The number of hydrogen-bond donors (Lipinski definition) is 2. The van der Waals surface area contributed by atoms with Gasteiger partial charge in [-0.25, -0.2) is 0 Å². The van der Waals surface area contributed by atoms with Gasteiger partial charge >= 0.3 is 0 Å². The zero-order valence-electron chi connectivity index (χ0n) is 14.4. The van der Waals surface area contributed by atoms with E-state index in [-0.39, 0.29) is 5.91 Å². The Morgan fingerprint density at radius 1 is 1.00 bits per heavy atom.